The molecule has 0 amide bonds. The van der Waals surface area contributed by atoms with Crippen LogP contribution >= 0.6 is 0 Å². The van der Waals surface area contributed by atoms with Crippen LogP contribution in [0.4, 0.5) is 0 Å². The van der Waals surface area contributed by atoms with Gasteiger partial charge in [-0.05, 0) is 30.7 Å². The topological polar surface area (TPSA) is 26.0 Å². The van der Waals surface area contributed by atoms with Crippen molar-refractivity contribution < 1.29 is 4.42 Å². The smallest absolute Gasteiger partial charge is 0.108 e. The summed E-state index contributed by atoms with van der Waals surface area (Å²) in [5.74, 6) is 0.977. The number of rotatable bonds is 2. The van der Waals surface area contributed by atoms with E-state index < -0.39 is 0 Å². The van der Waals surface area contributed by atoms with Crippen molar-refractivity contribution in [3.8, 4) is 0 Å². The predicted molar refractivity (Wildman–Crippen MR) is 50.5 cm³/mol. The Labute approximate surface area is 77.2 Å². The third-order valence-corrected chi connectivity index (χ3v) is 1.93. The van der Waals surface area contributed by atoms with Gasteiger partial charge in [0, 0.05) is 18.3 Å². The maximum atomic E-state index is 5.24. The molecule has 0 spiro atoms. The molecule has 2 nitrogen and oxygen atoms in total. The molecule has 2 aromatic heterocycles. The van der Waals surface area contributed by atoms with E-state index in [1.54, 1.807) is 6.26 Å². The Bertz CT molecular complexity index is 361. The second-order valence-corrected chi connectivity index (χ2v) is 3.06. The molecule has 0 aliphatic carbocycles. The van der Waals surface area contributed by atoms with E-state index >= 15 is 0 Å². The summed E-state index contributed by atoms with van der Waals surface area (Å²) in [6.07, 6.45) is 4.40. The van der Waals surface area contributed by atoms with E-state index in [2.05, 4.69) is 11.1 Å². The first-order chi connectivity index (χ1) is 6.34. The van der Waals surface area contributed by atoms with E-state index in [-0.39, 0.29) is 0 Å². The van der Waals surface area contributed by atoms with Crippen LogP contribution < -0.4 is 0 Å². The number of hydrogen-bond acceptors (Lipinski definition) is 2. The van der Waals surface area contributed by atoms with Crippen LogP contribution in [0.5, 0.6) is 0 Å². The minimum absolute atomic E-state index is 0.820. The highest BCUT2D eigenvalue weighted by Gasteiger charge is 1.97. The zero-order chi connectivity index (χ0) is 9.10. The Balaban J connectivity index is 2.15. The zero-order valence-corrected chi connectivity index (χ0v) is 7.53. The van der Waals surface area contributed by atoms with E-state index in [1.807, 2.05) is 31.3 Å². The fourth-order valence-electron chi connectivity index (χ4n) is 1.22. The maximum Gasteiger partial charge on any atom is 0.108 e. The molecule has 13 heavy (non-hydrogen) atoms. The Kier molecular flexibility index (Phi) is 2.13. The van der Waals surface area contributed by atoms with E-state index in [0.717, 1.165) is 17.9 Å². The average molecular weight is 173 g/mol. The number of aromatic nitrogens is 1. The Hall–Kier alpha value is -1.57. The molecule has 0 bridgehead atoms. The van der Waals surface area contributed by atoms with E-state index in [4.69, 9.17) is 4.42 Å². The van der Waals surface area contributed by atoms with Gasteiger partial charge >= 0.3 is 0 Å². The van der Waals surface area contributed by atoms with Crippen molar-refractivity contribution in [2.24, 2.45) is 0 Å². The van der Waals surface area contributed by atoms with Gasteiger partial charge in [-0.15, -0.1) is 0 Å². The summed E-state index contributed by atoms with van der Waals surface area (Å²) in [6.45, 7) is 1.98. The molecule has 2 rings (SSSR count). The molecule has 0 fully saturated rings. The van der Waals surface area contributed by atoms with Gasteiger partial charge in [0.25, 0.3) is 0 Å². The first kappa shape index (κ1) is 8.05. The lowest BCUT2D eigenvalue weighted by atomic mass is 10.1. The van der Waals surface area contributed by atoms with Crippen LogP contribution in [0.1, 0.15) is 17.0 Å². The number of pyridine rings is 1. The molecule has 0 aromatic carbocycles. The fourth-order valence-corrected chi connectivity index (χ4v) is 1.22. The second-order valence-electron chi connectivity index (χ2n) is 3.06. The third kappa shape index (κ3) is 1.96. The van der Waals surface area contributed by atoms with Crippen molar-refractivity contribution in [3.05, 3.63) is 53.7 Å². The van der Waals surface area contributed by atoms with Crippen molar-refractivity contribution in [2.45, 2.75) is 13.3 Å². The second kappa shape index (κ2) is 3.44. The first-order valence-electron chi connectivity index (χ1n) is 4.28. The van der Waals surface area contributed by atoms with E-state index in [1.165, 1.54) is 5.56 Å². The number of aryl methyl sites for hydroxylation is 1. The minimum Gasteiger partial charge on any atom is -0.469 e. The minimum atomic E-state index is 0.820. The lowest BCUT2D eigenvalue weighted by Crippen LogP contribution is -1.88. The van der Waals surface area contributed by atoms with Gasteiger partial charge in [-0.25, -0.2) is 0 Å². The molecule has 0 saturated heterocycles. The summed E-state index contributed by atoms with van der Waals surface area (Å²) in [7, 11) is 0. The van der Waals surface area contributed by atoms with Gasteiger partial charge in [0.2, 0.25) is 0 Å². The molecule has 0 N–H and O–H groups in total. The van der Waals surface area contributed by atoms with Crippen LogP contribution in [0, 0.1) is 6.92 Å². The monoisotopic (exact) mass is 173 g/mol. The Morgan fingerprint density at radius 2 is 2.23 bits per heavy atom. The van der Waals surface area contributed by atoms with Gasteiger partial charge in [0.05, 0.1) is 6.26 Å². The van der Waals surface area contributed by atoms with Gasteiger partial charge in [0.1, 0.15) is 5.76 Å². The van der Waals surface area contributed by atoms with Crippen LogP contribution in [0.25, 0.3) is 0 Å². The summed E-state index contributed by atoms with van der Waals surface area (Å²) < 4.78 is 5.24. The van der Waals surface area contributed by atoms with Gasteiger partial charge < -0.3 is 4.42 Å². The summed E-state index contributed by atoms with van der Waals surface area (Å²) in [6, 6.07) is 7.96. The van der Waals surface area contributed by atoms with Crippen molar-refractivity contribution in [1.82, 2.24) is 4.98 Å². The van der Waals surface area contributed by atoms with Crippen LogP contribution in [0.2, 0.25) is 0 Å². The highest BCUT2D eigenvalue weighted by atomic mass is 16.3. The van der Waals surface area contributed by atoms with Gasteiger partial charge in [-0.1, -0.05) is 6.07 Å². The summed E-state index contributed by atoms with van der Waals surface area (Å²) >= 11 is 0. The number of hydrogen-bond donors (Lipinski definition) is 0. The number of furan rings is 1. The van der Waals surface area contributed by atoms with Gasteiger partial charge in [-0.2, -0.15) is 0 Å². The Morgan fingerprint density at radius 1 is 1.31 bits per heavy atom. The van der Waals surface area contributed by atoms with Gasteiger partial charge in [-0.3, -0.25) is 4.98 Å². The molecule has 0 aliphatic rings. The zero-order valence-electron chi connectivity index (χ0n) is 7.53. The van der Waals surface area contributed by atoms with E-state index in [0.29, 0.717) is 0 Å². The summed E-state index contributed by atoms with van der Waals surface area (Å²) in [4.78, 5) is 4.22. The molecule has 2 aromatic rings. The van der Waals surface area contributed by atoms with E-state index in [9.17, 15) is 0 Å². The molecule has 2 heterocycles. The molecular weight excluding hydrogens is 162 g/mol. The van der Waals surface area contributed by atoms with Crippen LogP contribution in [-0.2, 0) is 6.42 Å². The third-order valence-electron chi connectivity index (χ3n) is 1.93. The molecule has 2 heteroatoms. The lowest BCUT2D eigenvalue weighted by molar-refractivity contribution is 0.520. The summed E-state index contributed by atoms with van der Waals surface area (Å²) in [5.41, 5.74) is 2.23. The molecule has 0 saturated carbocycles. The average Bonchev–Trinajstić information content (AvgIpc) is 2.62. The summed E-state index contributed by atoms with van der Waals surface area (Å²) in [5, 5.41) is 0. The molecule has 0 unspecified atom stereocenters. The SMILES string of the molecule is Cc1ccc(Cc2ccco2)cn1. The van der Waals surface area contributed by atoms with Crippen molar-refractivity contribution in [3.63, 3.8) is 0 Å². The van der Waals surface area contributed by atoms with Crippen LogP contribution in [0.3, 0.4) is 0 Å². The Morgan fingerprint density at radius 3 is 2.85 bits per heavy atom. The van der Waals surface area contributed by atoms with Crippen LogP contribution in [-0.4, -0.2) is 4.98 Å². The molecule has 0 radical (unpaired) electrons. The molecule has 66 valence electrons. The fraction of sp³-hybridized carbons (Fsp3) is 0.182. The molecule has 0 aliphatic heterocycles. The van der Waals surface area contributed by atoms with Crippen molar-refractivity contribution in [1.29, 1.82) is 0 Å². The molecular formula is C11H11NO. The van der Waals surface area contributed by atoms with Crippen LogP contribution in [0.15, 0.2) is 41.1 Å². The highest BCUT2D eigenvalue weighted by molar-refractivity contribution is 5.18. The molecule has 0 atom stereocenters. The standard InChI is InChI=1S/C11H11NO/c1-9-4-5-10(8-12-9)7-11-3-2-6-13-11/h2-6,8H,7H2,1H3. The normalized spacial score (nSPS) is 10.2. The van der Waals surface area contributed by atoms with Crippen molar-refractivity contribution >= 4 is 0 Å². The lowest BCUT2D eigenvalue weighted by Gasteiger charge is -1.97. The predicted octanol–water partition coefficient (Wildman–Crippen LogP) is 2.57. The quantitative estimate of drug-likeness (QED) is 0.697. The first-order valence-corrected chi connectivity index (χ1v) is 4.28. The highest BCUT2D eigenvalue weighted by Crippen LogP contribution is 2.08. The maximum absolute atomic E-state index is 5.24. The van der Waals surface area contributed by atoms with Crippen molar-refractivity contribution in [2.75, 3.05) is 0 Å². The largest absolute Gasteiger partial charge is 0.469 e. The number of nitrogens with zero attached hydrogens (tertiary/aromatic N) is 1. The van der Waals surface area contributed by atoms with Gasteiger partial charge in [0.15, 0.2) is 0 Å².